The Hall–Kier alpha value is -0.160. The Kier molecular flexibility index (Phi) is 4.12. The fourth-order valence-corrected chi connectivity index (χ4v) is 2.14. The summed E-state index contributed by atoms with van der Waals surface area (Å²) in [5.41, 5.74) is 0. The van der Waals surface area contributed by atoms with Gasteiger partial charge in [-0.2, -0.15) is 0 Å². The first-order valence-corrected chi connectivity index (χ1v) is 5.84. The molecule has 1 unspecified atom stereocenters. The summed E-state index contributed by atoms with van der Waals surface area (Å²) < 4.78 is 6.32. The second kappa shape index (κ2) is 4.91. The van der Waals surface area contributed by atoms with Crippen LogP contribution in [0.5, 0.6) is 5.19 Å². The summed E-state index contributed by atoms with van der Waals surface area (Å²) in [6, 6.07) is 0. The molecule has 0 aromatic carbocycles. The molecule has 1 heterocycles. The fraction of sp³-hybridized carbons (Fsp3) is 0.750. The van der Waals surface area contributed by atoms with Crippen LogP contribution in [0.4, 0.5) is 0 Å². The van der Waals surface area contributed by atoms with Gasteiger partial charge in [-0.05, 0) is 46.5 Å². The molecular formula is C8H13BrN2OS. The molecule has 0 fully saturated rings. The molecule has 3 nitrogen and oxygen atoms in total. The summed E-state index contributed by atoms with van der Waals surface area (Å²) >= 11 is 4.65. The van der Waals surface area contributed by atoms with Crippen LogP contribution >= 0.6 is 27.3 Å². The van der Waals surface area contributed by atoms with Gasteiger partial charge in [-0.25, -0.2) is 0 Å². The van der Waals surface area contributed by atoms with Crippen molar-refractivity contribution in [3.63, 3.8) is 0 Å². The van der Waals surface area contributed by atoms with E-state index >= 15 is 0 Å². The van der Waals surface area contributed by atoms with Crippen molar-refractivity contribution in [3.05, 3.63) is 3.92 Å². The van der Waals surface area contributed by atoms with E-state index in [-0.39, 0.29) is 6.10 Å². The lowest BCUT2D eigenvalue weighted by Crippen LogP contribution is -2.14. The van der Waals surface area contributed by atoms with Crippen molar-refractivity contribution in [2.24, 2.45) is 5.92 Å². The van der Waals surface area contributed by atoms with Crippen LogP contribution in [0, 0.1) is 5.92 Å². The van der Waals surface area contributed by atoms with Crippen molar-refractivity contribution in [1.82, 2.24) is 10.2 Å². The maximum absolute atomic E-state index is 5.56. The number of hydrogen-bond donors (Lipinski definition) is 0. The molecule has 0 saturated carbocycles. The van der Waals surface area contributed by atoms with Crippen molar-refractivity contribution in [1.29, 1.82) is 0 Å². The lowest BCUT2D eigenvalue weighted by molar-refractivity contribution is 0.191. The van der Waals surface area contributed by atoms with Gasteiger partial charge in [0.05, 0.1) is 6.10 Å². The van der Waals surface area contributed by atoms with Gasteiger partial charge in [0.1, 0.15) is 0 Å². The lowest BCUT2D eigenvalue weighted by Gasteiger charge is -2.13. The quantitative estimate of drug-likeness (QED) is 0.839. The maximum atomic E-state index is 5.56. The second-order valence-electron chi connectivity index (χ2n) is 3.38. The number of nitrogens with zero attached hydrogens (tertiary/aromatic N) is 2. The van der Waals surface area contributed by atoms with Gasteiger partial charge in [0.15, 0.2) is 3.92 Å². The zero-order valence-corrected chi connectivity index (χ0v) is 10.4. The Morgan fingerprint density at radius 3 is 2.54 bits per heavy atom. The summed E-state index contributed by atoms with van der Waals surface area (Å²) in [7, 11) is 0. The molecule has 1 aromatic rings. The highest BCUT2D eigenvalue weighted by molar-refractivity contribution is 9.11. The Morgan fingerprint density at radius 2 is 2.08 bits per heavy atom. The number of hydrogen-bond acceptors (Lipinski definition) is 4. The molecule has 0 amide bonds. The van der Waals surface area contributed by atoms with Gasteiger partial charge >= 0.3 is 0 Å². The van der Waals surface area contributed by atoms with E-state index in [2.05, 4.69) is 46.9 Å². The van der Waals surface area contributed by atoms with E-state index in [4.69, 9.17) is 4.74 Å². The second-order valence-corrected chi connectivity index (χ2v) is 5.60. The molecule has 1 aromatic heterocycles. The average Bonchev–Trinajstić information content (AvgIpc) is 2.33. The largest absolute Gasteiger partial charge is 0.466 e. The molecule has 0 saturated heterocycles. The molecular weight excluding hydrogens is 252 g/mol. The first kappa shape index (κ1) is 10.9. The molecule has 0 spiro atoms. The van der Waals surface area contributed by atoms with Crippen LogP contribution in [-0.2, 0) is 0 Å². The molecule has 74 valence electrons. The molecule has 0 aliphatic carbocycles. The normalized spacial score (nSPS) is 13.3. The Balaban J connectivity index is 2.40. The van der Waals surface area contributed by atoms with Gasteiger partial charge in [0.2, 0.25) is 0 Å². The van der Waals surface area contributed by atoms with Crippen molar-refractivity contribution in [3.8, 4) is 5.19 Å². The molecule has 5 heteroatoms. The standard InChI is InChI=1S/C8H13BrN2OS/c1-5(2)4-6(3)12-8-11-10-7(9)13-8/h5-6H,4H2,1-3H3. The summed E-state index contributed by atoms with van der Waals surface area (Å²) in [5.74, 6) is 0.645. The van der Waals surface area contributed by atoms with Gasteiger partial charge in [0, 0.05) is 0 Å². The minimum absolute atomic E-state index is 0.208. The monoisotopic (exact) mass is 264 g/mol. The number of rotatable bonds is 4. The molecule has 13 heavy (non-hydrogen) atoms. The summed E-state index contributed by atoms with van der Waals surface area (Å²) in [6.07, 6.45) is 1.25. The lowest BCUT2D eigenvalue weighted by atomic mass is 10.1. The zero-order valence-electron chi connectivity index (χ0n) is 7.95. The van der Waals surface area contributed by atoms with Crippen molar-refractivity contribution in [2.75, 3.05) is 0 Å². The van der Waals surface area contributed by atoms with Gasteiger partial charge in [-0.3, -0.25) is 0 Å². The summed E-state index contributed by atoms with van der Waals surface area (Å²) in [4.78, 5) is 0. The molecule has 1 atom stereocenters. The molecule has 0 N–H and O–H groups in total. The third kappa shape index (κ3) is 4.04. The van der Waals surface area contributed by atoms with Gasteiger partial charge in [0.25, 0.3) is 5.19 Å². The first-order chi connectivity index (χ1) is 6.08. The zero-order chi connectivity index (χ0) is 9.84. The SMILES string of the molecule is CC(C)CC(C)Oc1nnc(Br)s1. The predicted octanol–water partition coefficient (Wildman–Crippen LogP) is 3.11. The van der Waals surface area contributed by atoms with E-state index in [0.717, 1.165) is 10.3 Å². The number of aromatic nitrogens is 2. The minimum atomic E-state index is 0.208. The first-order valence-electron chi connectivity index (χ1n) is 4.23. The van der Waals surface area contributed by atoms with Gasteiger partial charge in [-0.15, -0.1) is 5.10 Å². The maximum Gasteiger partial charge on any atom is 0.295 e. The van der Waals surface area contributed by atoms with E-state index < -0.39 is 0 Å². The van der Waals surface area contributed by atoms with Crippen molar-refractivity contribution >= 4 is 27.3 Å². The van der Waals surface area contributed by atoms with E-state index in [1.54, 1.807) is 0 Å². The molecule has 0 radical (unpaired) electrons. The van der Waals surface area contributed by atoms with Crippen LogP contribution in [-0.4, -0.2) is 16.3 Å². The Labute approximate surface area is 90.7 Å². The molecule has 0 aliphatic heterocycles. The van der Waals surface area contributed by atoms with Crippen LogP contribution in [0.3, 0.4) is 0 Å². The third-order valence-electron chi connectivity index (χ3n) is 1.49. The number of halogens is 1. The topological polar surface area (TPSA) is 35.0 Å². The highest BCUT2D eigenvalue weighted by atomic mass is 79.9. The highest BCUT2D eigenvalue weighted by Gasteiger charge is 2.09. The van der Waals surface area contributed by atoms with Gasteiger partial charge < -0.3 is 4.74 Å². The van der Waals surface area contributed by atoms with Crippen molar-refractivity contribution in [2.45, 2.75) is 33.3 Å². The Bertz CT molecular complexity index is 264. The Morgan fingerprint density at radius 1 is 1.38 bits per heavy atom. The van der Waals surface area contributed by atoms with E-state index in [9.17, 15) is 0 Å². The van der Waals surface area contributed by atoms with Crippen LogP contribution in [0.1, 0.15) is 27.2 Å². The summed E-state index contributed by atoms with van der Waals surface area (Å²) in [5, 5.41) is 8.31. The van der Waals surface area contributed by atoms with Gasteiger partial charge in [-0.1, -0.05) is 18.9 Å². The molecule has 1 rings (SSSR count). The van der Waals surface area contributed by atoms with Crippen LogP contribution in [0.2, 0.25) is 0 Å². The van der Waals surface area contributed by atoms with Crippen molar-refractivity contribution < 1.29 is 4.74 Å². The third-order valence-corrected chi connectivity index (χ3v) is 2.73. The van der Waals surface area contributed by atoms with Crippen LogP contribution in [0.15, 0.2) is 3.92 Å². The summed E-state index contributed by atoms with van der Waals surface area (Å²) in [6.45, 7) is 6.40. The molecule has 0 bridgehead atoms. The smallest absolute Gasteiger partial charge is 0.295 e. The van der Waals surface area contributed by atoms with Crippen LogP contribution < -0.4 is 4.74 Å². The minimum Gasteiger partial charge on any atom is -0.466 e. The number of ether oxygens (including phenoxy) is 1. The van der Waals surface area contributed by atoms with E-state index in [0.29, 0.717) is 11.1 Å². The highest BCUT2D eigenvalue weighted by Crippen LogP contribution is 2.24. The molecule has 0 aliphatic rings. The average molecular weight is 265 g/mol. The fourth-order valence-electron chi connectivity index (χ4n) is 1.12. The van der Waals surface area contributed by atoms with E-state index in [1.807, 2.05) is 0 Å². The van der Waals surface area contributed by atoms with Crippen LogP contribution in [0.25, 0.3) is 0 Å². The predicted molar refractivity (Wildman–Crippen MR) is 57.2 cm³/mol. The van der Waals surface area contributed by atoms with E-state index in [1.165, 1.54) is 11.3 Å².